The summed E-state index contributed by atoms with van der Waals surface area (Å²) in [5.74, 6) is -1.78. The van der Waals surface area contributed by atoms with E-state index in [1.807, 2.05) is 0 Å². The number of halogens is 3. The number of ether oxygens (including phenoxy) is 1. The van der Waals surface area contributed by atoms with Crippen molar-refractivity contribution in [2.75, 3.05) is 5.32 Å². The van der Waals surface area contributed by atoms with Crippen LogP contribution in [0.5, 0.6) is 5.75 Å². The second kappa shape index (κ2) is 5.61. The van der Waals surface area contributed by atoms with Crippen LogP contribution >= 0.6 is 0 Å². The summed E-state index contributed by atoms with van der Waals surface area (Å²) in [6.45, 7) is 3.54. The van der Waals surface area contributed by atoms with Crippen molar-refractivity contribution in [3.05, 3.63) is 23.8 Å². The minimum atomic E-state index is -5.00. The fraction of sp³-hybridized carbons (Fsp3) is 0.333. The van der Waals surface area contributed by atoms with Crippen molar-refractivity contribution in [3.63, 3.8) is 0 Å². The number of carbonyl (C=O) groups excluding carboxylic acids is 1. The zero-order chi connectivity index (χ0) is 14.6. The fourth-order valence-corrected chi connectivity index (χ4v) is 1.26. The number of carbonyl (C=O) groups is 1. The summed E-state index contributed by atoms with van der Waals surface area (Å²) in [4.78, 5) is 10.8. The third kappa shape index (κ3) is 4.17. The van der Waals surface area contributed by atoms with E-state index in [0.29, 0.717) is 5.75 Å². The Morgan fingerprint density at radius 1 is 1.42 bits per heavy atom. The molecule has 0 aliphatic rings. The van der Waals surface area contributed by atoms with Crippen molar-refractivity contribution in [3.8, 4) is 11.8 Å². The number of amides is 1. The molecule has 0 aliphatic heterocycles. The van der Waals surface area contributed by atoms with Crippen LogP contribution in [0.2, 0.25) is 0 Å². The van der Waals surface area contributed by atoms with Crippen LogP contribution in [0.4, 0.5) is 18.9 Å². The summed E-state index contributed by atoms with van der Waals surface area (Å²) < 4.78 is 41.6. The van der Waals surface area contributed by atoms with Gasteiger partial charge >= 0.3 is 12.1 Å². The van der Waals surface area contributed by atoms with E-state index < -0.39 is 12.1 Å². The van der Waals surface area contributed by atoms with Gasteiger partial charge in [0.05, 0.1) is 17.4 Å². The number of hydrogen-bond donors (Lipinski definition) is 1. The Hall–Kier alpha value is -2.23. The van der Waals surface area contributed by atoms with E-state index in [2.05, 4.69) is 0 Å². The van der Waals surface area contributed by atoms with Gasteiger partial charge in [-0.25, -0.2) is 0 Å². The van der Waals surface area contributed by atoms with Crippen LogP contribution in [0.1, 0.15) is 19.4 Å². The first-order valence-corrected chi connectivity index (χ1v) is 5.33. The molecule has 0 fully saturated rings. The van der Waals surface area contributed by atoms with E-state index >= 15 is 0 Å². The molecule has 0 bridgehead atoms. The number of benzene rings is 1. The van der Waals surface area contributed by atoms with E-state index in [9.17, 15) is 18.0 Å². The van der Waals surface area contributed by atoms with Crippen LogP contribution in [0, 0.1) is 11.3 Å². The summed E-state index contributed by atoms with van der Waals surface area (Å²) in [5, 5.41) is 10.5. The molecule has 1 amide bonds. The lowest BCUT2D eigenvalue weighted by Crippen LogP contribution is -2.30. The Morgan fingerprint density at radius 2 is 2.05 bits per heavy atom. The van der Waals surface area contributed by atoms with Crippen LogP contribution in [-0.4, -0.2) is 18.2 Å². The molecule has 0 aromatic heterocycles. The van der Waals surface area contributed by atoms with Gasteiger partial charge in [0, 0.05) is 6.07 Å². The quantitative estimate of drug-likeness (QED) is 0.920. The minimum absolute atomic E-state index is 0.101. The summed E-state index contributed by atoms with van der Waals surface area (Å²) in [7, 11) is 0. The monoisotopic (exact) mass is 272 g/mol. The van der Waals surface area contributed by atoms with Gasteiger partial charge in [-0.2, -0.15) is 18.4 Å². The second-order valence-electron chi connectivity index (χ2n) is 3.94. The standard InChI is InChI=1S/C12H11F3N2O2/c1-7(2)19-9-3-4-10(8(5-9)6-16)17-11(18)12(13,14)15/h3-5,7H,1-2H3,(H,17,18). The molecule has 1 aromatic rings. The normalized spacial score (nSPS) is 11.0. The smallest absolute Gasteiger partial charge is 0.471 e. The van der Waals surface area contributed by atoms with Crippen molar-refractivity contribution >= 4 is 11.6 Å². The average Bonchev–Trinajstić information content (AvgIpc) is 2.29. The minimum Gasteiger partial charge on any atom is -0.491 e. The van der Waals surface area contributed by atoms with Crippen molar-refractivity contribution in [2.45, 2.75) is 26.1 Å². The van der Waals surface area contributed by atoms with Gasteiger partial charge in [0.1, 0.15) is 11.8 Å². The predicted octanol–water partition coefficient (Wildman–Crippen LogP) is 2.85. The van der Waals surface area contributed by atoms with E-state index in [1.165, 1.54) is 18.2 Å². The lowest BCUT2D eigenvalue weighted by molar-refractivity contribution is -0.167. The maximum absolute atomic E-state index is 12.1. The fourth-order valence-electron chi connectivity index (χ4n) is 1.26. The Morgan fingerprint density at radius 3 is 2.53 bits per heavy atom. The molecule has 19 heavy (non-hydrogen) atoms. The first kappa shape index (κ1) is 14.8. The van der Waals surface area contributed by atoms with Gasteiger partial charge in [-0.05, 0) is 26.0 Å². The molecular formula is C12H11F3N2O2. The number of anilines is 1. The molecule has 102 valence electrons. The number of nitrogens with zero attached hydrogens (tertiary/aromatic N) is 1. The Balaban J connectivity index is 2.98. The highest BCUT2D eigenvalue weighted by Gasteiger charge is 2.39. The lowest BCUT2D eigenvalue weighted by atomic mass is 10.2. The summed E-state index contributed by atoms with van der Waals surface area (Å²) in [6, 6.07) is 5.55. The largest absolute Gasteiger partial charge is 0.491 e. The Bertz CT molecular complexity index is 519. The van der Waals surface area contributed by atoms with Gasteiger partial charge in [-0.15, -0.1) is 0 Å². The van der Waals surface area contributed by atoms with Crippen molar-refractivity contribution in [1.29, 1.82) is 5.26 Å². The van der Waals surface area contributed by atoms with Gasteiger partial charge in [0.25, 0.3) is 0 Å². The highest BCUT2D eigenvalue weighted by atomic mass is 19.4. The maximum Gasteiger partial charge on any atom is 0.471 e. The Labute approximate surface area is 107 Å². The van der Waals surface area contributed by atoms with Crippen molar-refractivity contribution in [1.82, 2.24) is 0 Å². The van der Waals surface area contributed by atoms with Crippen molar-refractivity contribution in [2.24, 2.45) is 0 Å². The molecule has 0 saturated carbocycles. The number of nitrogens with one attached hydrogen (secondary N) is 1. The molecular weight excluding hydrogens is 261 g/mol. The van der Waals surface area contributed by atoms with E-state index in [-0.39, 0.29) is 17.4 Å². The third-order valence-corrected chi connectivity index (χ3v) is 1.99. The average molecular weight is 272 g/mol. The first-order chi connectivity index (χ1) is 8.74. The molecule has 1 aromatic carbocycles. The van der Waals surface area contributed by atoms with Crippen LogP contribution in [0.3, 0.4) is 0 Å². The van der Waals surface area contributed by atoms with Crippen LogP contribution < -0.4 is 10.1 Å². The molecule has 4 nitrogen and oxygen atoms in total. The summed E-state index contributed by atoms with van der Waals surface area (Å²) in [6.07, 6.45) is -5.14. The molecule has 1 rings (SSSR count). The molecule has 0 unspecified atom stereocenters. The zero-order valence-corrected chi connectivity index (χ0v) is 10.2. The topological polar surface area (TPSA) is 62.1 Å². The van der Waals surface area contributed by atoms with E-state index in [1.54, 1.807) is 25.2 Å². The van der Waals surface area contributed by atoms with E-state index in [0.717, 1.165) is 0 Å². The van der Waals surface area contributed by atoms with Crippen LogP contribution in [-0.2, 0) is 4.79 Å². The first-order valence-electron chi connectivity index (χ1n) is 5.33. The third-order valence-electron chi connectivity index (χ3n) is 1.99. The zero-order valence-electron chi connectivity index (χ0n) is 10.2. The molecule has 1 N–H and O–H groups in total. The van der Waals surface area contributed by atoms with Gasteiger partial charge in [0.2, 0.25) is 0 Å². The van der Waals surface area contributed by atoms with Gasteiger partial charge in [-0.1, -0.05) is 0 Å². The highest BCUT2D eigenvalue weighted by Crippen LogP contribution is 2.24. The highest BCUT2D eigenvalue weighted by molar-refractivity contribution is 5.96. The molecule has 0 aliphatic carbocycles. The van der Waals surface area contributed by atoms with Crippen LogP contribution in [0.25, 0.3) is 0 Å². The molecule has 0 saturated heterocycles. The molecule has 0 radical (unpaired) electrons. The van der Waals surface area contributed by atoms with Gasteiger partial charge in [-0.3, -0.25) is 4.79 Å². The summed E-state index contributed by atoms with van der Waals surface area (Å²) >= 11 is 0. The number of rotatable bonds is 3. The molecule has 0 heterocycles. The molecule has 0 spiro atoms. The lowest BCUT2D eigenvalue weighted by Gasteiger charge is -2.12. The molecule has 0 atom stereocenters. The Kier molecular flexibility index (Phi) is 4.38. The SMILES string of the molecule is CC(C)Oc1ccc(NC(=O)C(F)(F)F)c(C#N)c1. The van der Waals surface area contributed by atoms with Gasteiger partial charge < -0.3 is 10.1 Å². The van der Waals surface area contributed by atoms with Gasteiger partial charge in [0.15, 0.2) is 0 Å². The number of nitriles is 1. The predicted molar refractivity (Wildman–Crippen MR) is 61.6 cm³/mol. The number of hydrogen-bond acceptors (Lipinski definition) is 3. The second-order valence-corrected chi connectivity index (χ2v) is 3.94. The number of alkyl halides is 3. The molecule has 7 heteroatoms. The summed E-state index contributed by atoms with van der Waals surface area (Å²) in [5.41, 5.74) is -0.309. The van der Waals surface area contributed by atoms with Crippen molar-refractivity contribution < 1.29 is 22.7 Å². The van der Waals surface area contributed by atoms with Crippen LogP contribution in [0.15, 0.2) is 18.2 Å². The van der Waals surface area contributed by atoms with E-state index in [4.69, 9.17) is 10.00 Å². The maximum atomic E-state index is 12.1.